The van der Waals surface area contributed by atoms with Gasteiger partial charge in [-0.05, 0) is 36.2 Å². The van der Waals surface area contributed by atoms with Crippen molar-refractivity contribution in [1.82, 2.24) is 4.98 Å². The normalized spacial score (nSPS) is 10.7. The molecule has 0 aliphatic carbocycles. The second-order valence-electron chi connectivity index (χ2n) is 5.08. The topological polar surface area (TPSA) is 48.4 Å². The van der Waals surface area contributed by atoms with Crippen molar-refractivity contribution in [2.24, 2.45) is 0 Å². The second kappa shape index (κ2) is 7.24. The first-order valence-corrected chi connectivity index (χ1v) is 8.19. The van der Waals surface area contributed by atoms with E-state index in [2.05, 4.69) is 4.98 Å². The summed E-state index contributed by atoms with van der Waals surface area (Å²) in [6, 6.07) is 15.6. The lowest BCUT2D eigenvalue weighted by molar-refractivity contribution is -0.144. The minimum Gasteiger partial charge on any atom is -0.497 e. The average molecular weight is 327 g/mol. The highest BCUT2D eigenvalue weighted by Crippen LogP contribution is 2.22. The van der Waals surface area contributed by atoms with Gasteiger partial charge in [-0.1, -0.05) is 24.3 Å². The van der Waals surface area contributed by atoms with Gasteiger partial charge in [0.05, 0.1) is 17.3 Å². The SMILES string of the molecule is COc1ccc(CCC(=O)OCc2nc3ccccc3s2)cc1. The average Bonchev–Trinajstić information content (AvgIpc) is 3.01. The van der Waals surface area contributed by atoms with Gasteiger partial charge in [-0.15, -0.1) is 11.3 Å². The Morgan fingerprint density at radius 3 is 2.65 bits per heavy atom. The Kier molecular flexibility index (Phi) is 4.88. The van der Waals surface area contributed by atoms with Crippen molar-refractivity contribution in [2.75, 3.05) is 7.11 Å². The number of nitrogens with zero attached hydrogens (tertiary/aromatic N) is 1. The largest absolute Gasteiger partial charge is 0.497 e. The molecule has 1 aromatic heterocycles. The Hall–Kier alpha value is -2.40. The fourth-order valence-corrected chi connectivity index (χ4v) is 3.12. The van der Waals surface area contributed by atoms with Crippen LogP contribution in [-0.2, 0) is 22.6 Å². The van der Waals surface area contributed by atoms with E-state index in [9.17, 15) is 4.79 Å². The maximum Gasteiger partial charge on any atom is 0.306 e. The number of para-hydroxylation sites is 1. The molecule has 4 nitrogen and oxygen atoms in total. The van der Waals surface area contributed by atoms with E-state index in [4.69, 9.17) is 9.47 Å². The monoisotopic (exact) mass is 327 g/mol. The number of hydrogen-bond donors (Lipinski definition) is 0. The third-order valence-electron chi connectivity index (χ3n) is 3.47. The van der Waals surface area contributed by atoms with Crippen molar-refractivity contribution in [1.29, 1.82) is 0 Å². The molecule has 0 saturated carbocycles. The van der Waals surface area contributed by atoms with Crippen LogP contribution in [0, 0.1) is 0 Å². The van der Waals surface area contributed by atoms with Gasteiger partial charge in [0.2, 0.25) is 0 Å². The zero-order chi connectivity index (χ0) is 16.1. The van der Waals surface area contributed by atoms with Crippen LogP contribution < -0.4 is 4.74 Å². The molecule has 0 spiro atoms. The van der Waals surface area contributed by atoms with Crippen LogP contribution in [0.15, 0.2) is 48.5 Å². The summed E-state index contributed by atoms with van der Waals surface area (Å²) >= 11 is 1.56. The number of carbonyl (C=O) groups is 1. The lowest BCUT2D eigenvalue weighted by Gasteiger charge is -2.04. The standard InChI is InChI=1S/C18H17NO3S/c1-21-14-9-6-13(7-10-14)8-11-18(20)22-12-17-19-15-4-2-3-5-16(15)23-17/h2-7,9-10H,8,11-12H2,1H3. The third-order valence-corrected chi connectivity index (χ3v) is 4.48. The summed E-state index contributed by atoms with van der Waals surface area (Å²) in [7, 11) is 1.63. The Bertz CT molecular complexity index is 762. The molecule has 0 aliphatic rings. The fraction of sp³-hybridized carbons (Fsp3) is 0.222. The van der Waals surface area contributed by atoms with Crippen LogP contribution in [0.2, 0.25) is 0 Å². The van der Waals surface area contributed by atoms with E-state index in [0.29, 0.717) is 12.8 Å². The van der Waals surface area contributed by atoms with Crippen molar-refractivity contribution in [3.05, 3.63) is 59.1 Å². The highest BCUT2D eigenvalue weighted by Gasteiger charge is 2.08. The maximum absolute atomic E-state index is 11.9. The van der Waals surface area contributed by atoms with Gasteiger partial charge < -0.3 is 9.47 Å². The van der Waals surface area contributed by atoms with E-state index in [1.54, 1.807) is 18.4 Å². The van der Waals surface area contributed by atoms with E-state index < -0.39 is 0 Å². The number of benzene rings is 2. The van der Waals surface area contributed by atoms with Gasteiger partial charge in [0.25, 0.3) is 0 Å². The van der Waals surface area contributed by atoms with E-state index in [0.717, 1.165) is 26.5 Å². The van der Waals surface area contributed by atoms with Crippen molar-refractivity contribution in [2.45, 2.75) is 19.4 Å². The highest BCUT2D eigenvalue weighted by atomic mass is 32.1. The third kappa shape index (κ3) is 4.07. The predicted molar refractivity (Wildman–Crippen MR) is 90.7 cm³/mol. The van der Waals surface area contributed by atoms with Gasteiger partial charge >= 0.3 is 5.97 Å². The molecule has 0 amide bonds. The van der Waals surface area contributed by atoms with Crippen LogP contribution in [0.1, 0.15) is 17.0 Å². The van der Waals surface area contributed by atoms with Gasteiger partial charge in [0, 0.05) is 6.42 Å². The molecule has 23 heavy (non-hydrogen) atoms. The molecular formula is C18H17NO3S. The fourth-order valence-electron chi connectivity index (χ4n) is 2.23. The Morgan fingerprint density at radius 2 is 1.91 bits per heavy atom. The molecule has 0 saturated heterocycles. The molecule has 0 N–H and O–H groups in total. The summed E-state index contributed by atoms with van der Waals surface area (Å²) in [5, 5.41) is 0.823. The Labute approximate surface area is 138 Å². The number of hydrogen-bond acceptors (Lipinski definition) is 5. The summed E-state index contributed by atoms with van der Waals surface area (Å²) in [5.41, 5.74) is 2.03. The zero-order valence-corrected chi connectivity index (χ0v) is 13.6. The van der Waals surface area contributed by atoms with Crippen molar-refractivity contribution < 1.29 is 14.3 Å². The molecule has 1 heterocycles. The lowest BCUT2D eigenvalue weighted by Crippen LogP contribution is -2.05. The van der Waals surface area contributed by atoms with Crippen LogP contribution in [0.3, 0.4) is 0 Å². The molecule has 3 aromatic rings. The maximum atomic E-state index is 11.9. The summed E-state index contributed by atoms with van der Waals surface area (Å²) in [5.74, 6) is 0.604. The zero-order valence-electron chi connectivity index (χ0n) is 12.8. The quantitative estimate of drug-likeness (QED) is 0.643. The molecule has 3 rings (SSSR count). The first-order chi connectivity index (χ1) is 11.2. The molecule has 0 radical (unpaired) electrons. The molecule has 0 unspecified atom stereocenters. The minimum absolute atomic E-state index is 0.208. The second-order valence-corrected chi connectivity index (χ2v) is 6.20. The number of esters is 1. The molecule has 118 valence electrons. The van der Waals surface area contributed by atoms with E-state index in [-0.39, 0.29) is 12.6 Å². The number of thiazole rings is 1. The smallest absolute Gasteiger partial charge is 0.306 e. The first-order valence-electron chi connectivity index (χ1n) is 7.37. The van der Waals surface area contributed by atoms with Crippen LogP contribution in [0.25, 0.3) is 10.2 Å². The van der Waals surface area contributed by atoms with Crippen LogP contribution in [0.5, 0.6) is 5.75 Å². The van der Waals surface area contributed by atoms with Crippen LogP contribution >= 0.6 is 11.3 Å². The Morgan fingerprint density at radius 1 is 1.13 bits per heavy atom. The molecule has 0 fully saturated rings. The van der Waals surface area contributed by atoms with Gasteiger partial charge in [0.15, 0.2) is 0 Å². The summed E-state index contributed by atoms with van der Waals surface area (Å²) in [6.45, 7) is 0.237. The van der Waals surface area contributed by atoms with Crippen molar-refractivity contribution in [3.63, 3.8) is 0 Å². The molecule has 0 atom stereocenters. The molecule has 0 aliphatic heterocycles. The van der Waals surface area contributed by atoms with Gasteiger partial charge in [-0.25, -0.2) is 4.98 Å². The van der Waals surface area contributed by atoms with Gasteiger partial charge in [0.1, 0.15) is 17.4 Å². The number of aryl methyl sites for hydroxylation is 1. The first kappa shape index (κ1) is 15.5. The van der Waals surface area contributed by atoms with Crippen LogP contribution in [-0.4, -0.2) is 18.1 Å². The number of aromatic nitrogens is 1. The number of ether oxygens (including phenoxy) is 2. The Balaban J connectivity index is 1.49. The van der Waals surface area contributed by atoms with E-state index in [1.807, 2.05) is 48.5 Å². The highest BCUT2D eigenvalue weighted by molar-refractivity contribution is 7.18. The summed E-state index contributed by atoms with van der Waals surface area (Å²) in [6.07, 6.45) is 1.01. The summed E-state index contributed by atoms with van der Waals surface area (Å²) in [4.78, 5) is 16.3. The number of fused-ring (bicyclic) bond motifs is 1. The lowest BCUT2D eigenvalue weighted by atomic mass is 10.1. The minimum atomic E-state index is -0.208. The molecule has 2 aromatic carbocycles. The van der Waals surface area contributed by atoms with E-state index >= 15 is 0 Å². The molecule has 5 heteroatoms. The number of rotatable bonds is 6. The molecular weight excluding hydrogens is 310 g/mol. The molecule has 0 bridgehead atoms. The van der Waals surface area contributed by atoms with Crippen LogP contribution in [0.4, 0.5) is 0 Å². The number of carbonyl (C=O) groups excluding carboxylic acids is 1. The van der Waals surface area contributed by atoms with Gasteiger partial charge in [-0.3, -0.25) is 4.79 Å². The van der Waals surface area contributed by atoms with Gasteiger partial charge in [-0.2, -0.15) is 0 Å². The van der Waals surface area contributed by atoms with Crippen molar-refractivity contribution >= 4 is 27.5 Å². The van der Waals surface area contributed by atoms with Crippen molar-refractivity contribution in [3.8, 4) is 5.75 Å². The predicted octanol–water partition coefficient (Wildman–Crippen LogP) is 3.98. The number of methoxy groups -OCH3 is 1. The van der Waals surface area contributed by atoms with E-state index in [1.165, 1.54) is 0 Å². The summed E-state index contributed by atoms with van der Waals surface area (Å²) < 4.78 is 11.5.